The first-order valence-electron chi connectivity index (χ1n) is 7.17. The molecule has 3 rings (SSSR count). The fourth-order valence-electron chi connectivity index (χ4n) is 2.47. The standard InChI is InChI=1S/C17H12F2N2O2S/c18-13-7-3-1-5-11(13)15(22)20-9-10-21(17(20)24)16(23)12-6-2-4-8-14(12)19/h1-8H,9-10H2. The minimum Gasteiger partial charge on any atom is -0.283 e. The van der Waals surface area contributed by atoms with E-state index in [2.05, 4.69) is 0 Å². The first-order chi connectivity index (χ1) is 11.5. The SMILES string of the molecule is O=C(c1ccccc1F)N1CCN(C(=O)c2ccccc2F)C1=S. The van der Waals surface area contributed by atoms with Crippen LogP contribution in [0.3, 0.4) is 0 Å². The second kappa shape index (κ2) is 6.45. The Hall–Kier alpha value is -2.67. The smallest absolute Gasteiger partial charge is 0.263 e. The van der Waals surface area contributed by atoms with Crippen molar-refractivity contribution in [2.24, 2.45) is 0 Å². The van der Waals surface area contributed by atoms with E-state index < -0.39 is 23.4 Å². The average Bonchev–Trinajstić information content (AvgIpc) is 2.96. The van der Waals surface area contributed by atoms with Crippen molar-refractivity contribution in [3.63, 3.8) is 0 Å². The number of nitrogens with zero attached hydrogens (tertiary/aromatic N) is 2. The summed E-state index contributed by atoms with van der Waals surface area (Å²) < 4.78 is 27.5. The van der Waals surface area contributed by atoms with E-state index in [-0.39, 0.29) is 29.3 Å². The lowest BCUT2D eigenvalue weighted by molar-refractivity contribution is 0.0853. The quantitative estimate of drug-likeness (QED) is 0.785. The van der Waals surface area contributed by atoms with Gasteiger partial charge < -0.3 is 0 Å². The predicted molar refractivity (Wildman–Crippen MR) is 87.5 cm³/mol. The number of rotatable bonds is 2. The molecule has 7 heteroatoms. The van der Waals surface area contributed by atoms with Crippen molar-refractivity contribution in [1.82, 2.24) is 9.80 Å². The van der Waals surface area contributed by atoms with Crippen LogP contribution in [-0.4, -0.2) is 39.8 Å². The zero-order valence-corrected chi connectivity index (χ0v) is 13.2. The van der Waals surface area contributed by atoms with E-state index in [4.69, 9.17) is 12.2 Å². The number of hydrogen-bond acceptors (Lipinski definition) is 3. The summed E-state index contributed by atoms with van der Waals surface area (Å²) in [6.07, 6.45) is 0. The molecule has 0 spiro atoms. The molecule has 2 aromatic carbocycles. The highest BCUT2D eigenvalue weighted by Gasteiger charge is 2.35. The first kappa shape index (κ1) is 16.2. The van der Waals surface area contributed by atoms with Crippen LogP contribution in [0.25, 0.3) is 0 Å². The molecule has 0 N–H and O–H groups in total. The van der Waals surface area contributed by atoms with Crippen LogP contribution < -0.4 is 0 Å². The Kier molecular flexibility index (Phi) is 4.35. The highest BCUT2D eigenvalue weighted by Crippen LogP contribution is 2.19. The minimum atomic E-state index is -0.663. The van der Waals surface area contributed by atoms with E-state index in [0.717, 1.165) is 9.80 Å². The largest absolute Gasteiger partial charge is 0.283 e. The third kappa shape index (κ3) is 2.78. The van der Waals surface area contributed by atoms with Crippen LogP contribution in [0.15, 0.2) is 48.5 Å². The predicted octanol–water partition coefficient (Wildman–Crippen LogP) is 2.85. The number of carbonyl (C=O) groups excluding carboxylic acids is 2. The molecule has 1 heterocycles. The maximum absolute atomic E-state index is 13.8. The maximum atomic E-state index is 13.8. The molecule has 0 unspecified atom stereocenters. The molecule has 1 aliphatic rings. The van der Waals surface area contributed by atoms with Gasteiger partial charge in [0.2, 0.25) is 0 Å². The van der Waals surface area contributed by atoms with Crippen molar-refractivity contribution < 1.29 is 18.4 Å². The third-order valence-corrected chi connectivity index (χ3v) is 4.15. The lowest BCUT2D eigenvalue weighted by Crippen LogP contribution is -2.39. The average molecular weight is 346 g/mol. The zero-order valence-electron chi connectivity index (χ0n) is 12.4. The van der Waals surface area contributed by atoms with E-state index in [1.807, 2.05) is 0 Å². The van der Waals surface area contributed by atoms with Crippen LogP contribution in [0.2, 0.25) is 0 Å². The lowest BCUT2D eigenvalue weighted by Gasteiger charge is -2.19. The van der Waals surface area contributed by atoms with E-state index in [9.17, 15) is 18.4 Å². The van der Waals surface area contributed by atoms with E-state index >= 15 is 0 Å². The van der Waals surface area contributed by atoms with Crippen molar-refractivity contribution >= 4 is 29.1 Å². The Morgan fingerprint density at radius 1 is 0.792 bits per heavy atom. The van der Waals surface area contributed by atoms with Crippen LogP contribution in [0.1, 0.15) is 20.7 Å². The van der Waals surface area contributed by atoms with Gasteiger partial charge in [-0.25, -0.2) is 8.78 Å². The normalized spacial score (nSPS) is 14.2. The van der Waals surface area contributed by atoms with Gasteiger partial charge in [-0.1, -0.05) is 24.3 Å². The first-order valence-corrected chi connectivity index (χ1v) is 7.58. The molecule has 0 bridgehead atoms. The Bertz CT molecular complexity index is 773. The lowest BCUT2D eigenvalue weighted by atomic mass is 10.2. The highest BCUT2D eigenvalue weighted by molar-refractivity contribution is 7.80. The molecule has 1 saturated heterocycles. The molecular formula is C17H12F2N2O2S. The third-order valence-electron chi connectivity index (χ3n) is 3.71. The van der Waals surface area contributed by atoms with E-state index in [1.165, 1.54) is 48.5 Å². The summed E-state index contributed by atoms with van der Waals surface area (Å²) in [6, 6.07) is 11.1. The summed E-state index contributed by atoms with van der Waals surface area (Å²) in [5.41, 5.74) is -0.250. The molecule has 4 nitrogen and oxygen atoms in total. The van der Waals surface area contributed by atoms with Crippen LogP contribution in [0.5, 0.6) is 0 Å². The number of benzene rings is 2. The van der Waals surface area contributed by atoms with Gasteiger partial charge in [-0.05, 0) is 36.5 Å². The van der Waals surface area contributed by atoms with Crippen molar-refractivity contribution in [3.8, 4) is 0 Å². The molecule has 2 amide bonds. The second-order valence-electron chi connectivity index (χ2n) is 5.16. The summed E-state index contributed by atoms with van der Waals surface area (Å²) in [4.78, 5) is 27.2. The van der Waals surface area contributed by atoms with Gasteiger partial charge in [-0.15, -0.1) is 0 Å². The van der Waals surface area contributed by atoms with Gasteiger partial charge in [-0.2, -0.15) is 0 Å². The number of hydrogen-bond donors (Lipinski definition) is 0. The molecule has 1 aliphatic heterocycles. The van der Waals surface area contributed by atoms with Crippen molar-refractivity contribution in [1.29, 1.82) is 0 Å². The number of thiocarbonyl (C=S) groups is 1. The van der Waals surface area contributed by atoms with Gasteiger partial charge in [0.05, 0.1) is 11.1 Å². The molecule has 0 atom stereocenters. The number of halogens is 2. The Morgan fingerprint density at radius 3 is 1.54 bits per heavy atom. The van der Waals surface area contributed by atoms with Crippen LogP contribution in [-0.2, 0) is 0 Å². The minimum absolute atomic E-state index is 0.0588. The molecule has 0 saturated carbocycles. The maximum Gasteiger partial charge on any atom is 0.263 e. The molecule has 2 aromatic rings. The summed E-state index contributed by atoms with van der Waals surface area (Å²) in [5.74, 6) is -2.57. The summed E-state index contributed by atoms with van der Waals surface area (Å²) in [6.45, 7) is 0.262. The van der Waals surface area contributed by atoms with Gasteiger partial charge >= 0.3 is 0 Å². The second-order valence-corrected chi connectivity index (χ2v) is 5.52. The van der Waals surface area contributed by atoms with Crippen LogP contribution in [0, 0.1) is 11.6 Å². The molecular weight excluding hydrogens is 334 g/mol. The van der Waals surface area contributed by atoms with Gasteiger partial charge in [0.25, 0.3) is 11.8 Å². The monoisotopic (exact) mass is 346 g/mol. The van der Waals surface area contributed by atoms with Gasteiger partial charge in [-0.3, -0.25) is 19.4 Å². The van der Waals surface area contributed by atoms with Gasteiger partial charge in [0.15, 0.2) is 5.11 Å². The van der Waals surface area contributed by atoms with E-state index in [0.29, 0.717) is 0 Å². The molecule has 24 heavy (non-hydrogen) atoms. The highest BCUT2D eigenvalue weighted by atomic mass is 32.1. The fourth-order valence-corrected chi connectivity index (χ4v) is 2.82. The summed E-state index contributed by atoms with van der Waals surface area (Å²) >= 11 is 5.17. The molecule has 1 fully saturated rings. The topological polar surface area (TPSA) is 40.6 Å². The molecule has 0 radical (unpaired) electrons. The van der Waals surface area contributed by atoms with Gasteiger partial charge in [0.1, 0.15) is 11.6 Å². The summed E-state index contributed by atoms with van der Waals surface area (Å²) in [7, 11) is 0. The molecule has 122 valence electrons. The molecule has 0 aromatic heterocycles. The van der Waals surface area contributed by atoms with Crippen LogP contribution in [0.4, 0.5) is 8.78 Å². The summed E-state index contributed by atoms with van der Waals surface area (Å²) in [5, 5.41) is -0.0588. The van der Waals surface area contributed by atoms with Crippen molar-refractivity contribution in [2.45, 2.75) is 0 Å². The van der Waals surface area contributed by atoms with E-state index in [1.54, 1.807) is 0 Å². The van der Waals surface area contributed by atoms with Crippen LogP contribution >= 0.6 is 12.2 Å². The zero-order chi connectivity index (χ0) is 17.3. The van der Waals surface area contributed by atoms with Gasteiger partial charge in [0, 0.05) is 13.1 Å². The van der Waals surface area contributed by atoms with Crippen molar-refractivity contribution in [3.05, 3.63) is 71.3 Å². The van der Waals surface area contributed by atoms with Crippen molar-refractivity contribution in [2.75, 3.05) is 13.1 Å². The molecule has 0 aliphatic carbocycles. The number of carbonyl (C=O) groups is 2. The Labute approximate surface area is 142 Å². The Balaban J connectivity index is 1.83. The fraction of sp³-hybridized carbons (Fsp3) is 0.118. The number of amides is 2. The Morgan fingerprint density at radius 2 is 1.17 bits per heavy atom.